The van der Waals surface area contributed by atoms with Crippen molar-refractivity contribution in [2.45, 2.75) is 13.8 Å². The molecular weight excluding hydrogens is 364 g/mol. The summed E-state index contributed by atoms with van der Waals surface area (Å²) in [4.78, 5) is 16.1. The molecule has 0 bridgehead atoms. The third-order valence-electron chi connectivity index (χ3n) is 5.46. The predicted molar refractivity (Wildman–Crippen MR) is 114 cm³/mol. The minimum absolute atomic E-state index is 0.0454. The molecule has 0 aliphatic carbocycles. The standard InChI is InChI=1S/C23H26N4O2/c1-17-7-9-19(10-8-17)20-15-23(29-25-20)24-22(28)16-26-11-13-27(14-12-26)21-6-4-3-5-18(21)2/h3-10,15H,11-14,16H2,1-2H3,(H,24,28)/p+1. The van der Waals surface area contributed by atoms with Crippen LogP contribution in [0.1, 0.15) is 11.1 Å². The zero-order valence-electron chi connectivity index (χ0n) is 16.9. The third-order valence-corrected chi connectivity index (χ3v) is 5.46. The fraction of sp³-hybridized carbons (Fsp3) is 0.304. The molecule has 0 radical (unpaired) electrons. The number of rotatable bonds is 5. The monoisotopic (exact) mass is 391 g/mol. The van der Waals surface area contributed by atoms with Crippen molar-refractivity contribution in [2.24, 2.45) is 0 Å². The molecule has 3 aromatic rings. The summed E-state index contributed by atoms with van der Waals surface area (Å²) in [6.45, 7) is 8.40. The van der Waals surface area contributed by atoms with E-state index in [1.54, 1.807) is 6.07 Å². The molecule has 2 N–H and O–H groups in total. The Morgan fingerprint density at radius 2 is 1.83 bits per heavy atom. The van der Waals surface area contributed by atoms with E-state index in [1.165, 1.54) is 21.7 Å². The Morgan fingerprint density at radius 3 is 2.55 bits per heavy atom. The molecule has 150 valence electrons. The highest BCUT2D eigenvalue weighted by molar-refractivity contribution is 5.90. The van der Waals surface area contributed by atoms with Crippen molar-refractivity contribution in [3.63, 3.8) is 0 Å². The lowest BCUT2D eigenvalue weighted by atomic mass is 10.1. The second kappa shape index (κ2) is 8.49. The minimum atomic E-state index is -0.0454. The highest BCUT2D eigenvalue weighted by atomic mass is 16.5. The number of hydrogen-bond acceptors (Lipinski definition) is 4. The molecule has 4 rings (SSSR count). The molecule has 1 amide bonds. The zero-order valence-corrected chi connectivity index (χ0v) is 16.9. The van der Waals surface area contributed by atoms with Gasteiger partial charge in [0, 0.05) is 17.3 Å². The van der Waals surface area contributed by atoms with Crippen molar-refractivity contribution < 1.29 is 14.2 Å². The number of anilines is 2. The van der Waals surface area contributed by atoms with Crippen molar-refractivity contribution in [2.75, 3.05) is 42.9 Å². The lowest BCUT2D eigenvalue weighted by molar-refractivity contribution is -0.892. The summed E-state index contributed by atoms with van der Waals surface area (Å²) < 4.78 is 5.30. The zero-order chi connectivity index (χ0) is 20.2. The normalized spacial score (nSPS) is 14.8. The average Bonchev–Trinajstić information content (AvgIpc) is 3.18. The van der Waals surface area contributed by atoms with Gasteiger partial charge in [0.15, 0.2) is 6.54 Å². The number of amides is 1. The van der Waals surface area contributed by atoms with E-state index in [0.717, 1.165) is 37.4 Å². The number of carbonyl (C=O) groups is 1. The first-order valence-electron chi connectivity index (χ1n) is 10.1. The Morgan fingerprint density at radius 1 is 1.10 bits per heavy atom. The molecule has 6 heteroatoms. The average molecular weight is 391 g/mol. The van der Waals surface area contributed by atoms with E-state index in [4.69, 9.17) is 4.52 Å². The van der Waals surface area contributed by atoms with Crippen LogP contribution in [0.15, 0.2) is 59.1 Å². The van der Waals surface area contributed by atoms with Crippen LogP contribution in [0.2, 0.25) is 0 Å². The molecule has 0 unspecified atom stereocenters. The van der Waals surface area contributed by atoms with E-state index >= 15 is 0 Å². The number of quaternary nitrogens is 1. The summed E-state index contributed by atoms with van der Waals surface area (Å²) in [5, 5.41) is 6.90. The molecule has 1 aliphatic heterocycles. The van der Waals surface area contributed by atoms with Crippen LogP contribution in [0.3, 0.4) is 0 Å². The van der Waals surface area contributed by atoms with Crippen LogP contribution in [0.5, 0.6) is 0 Å². The van der Waals surface area contributed by atoms with Crippen molar-refractivity contribution >= 4 is 17.5 Å². The number of carbonyl (C=O) groups excluding carboxylic acids is 1. The first kappa shape index (κ1) is 19.2. The summed E-state index contributed by atoms with van der Waals surface area (Å²) in [6.07, 6.45) is 0. The fourth-order valence-corrected chi connectivity index (χ4v) is 3.76. The topological polar surface area (TPSA) is 62.8 Å². The Kier molecular flexibility index (Phi) is 5.62. The maximum atomic E-state index is 12.4. The maximum absolute atomic E-state index is 12.4. The highest BCUT2D eigenvalue weighted by Gasteiger charge is 2.23. The molecule has 2 aromatic carbocycles. The molecule has 1 fully saturated rings. The van der Waals surface area contributed by atoms with Gasteiger partial charge in [-0.25, -0.2) is 0 Å². The molecule has 2 heterocycles. The lowest BCUT2D eigenvalue weighted by Gasteiger charge is -2.34. The van der Waals surface area contributed by atoms with Crippen LogP contribution in [-0.2, 0) is 4.79 Å². The van der Waals surface area contributed by atoms with E-state index < -0.39 is 0 Å². The van der Waals surface area contributed by atoms with Gasteiger partial charge in [0.2, 0.25) is 5.88 Å². The Bertz CT molecular complexity index is 973. The van der Waals surface area contributed by atoms with Crippen molar-refractivity contribution in [3.8, 4) is 11.3 Å². The van der Waals surface area contributed by atoms with Crippen LogP contribution in [0.4, 0.5) is 11.6 Å². The largest absolute Gasteiger partial charge is 0.360 e. The number of aromatic nitrogens is 1. The van der Waals surface area contributed by atoms with Gasteiger partial charge in [-0.15, -0.1) is 0 Å². The number of piperazine rings is 1. The summed E-state index contributed by atoms with van der Waals surface area (Å²) in [7, 11) is 0. The van der Waals surface area contributed by atoms with Crippen LogP contribution in [0, 0.1) is 13.8 Å². The van der Waals surface area contributed by atoms with Gasteiger partial charge in [-0.2, -0.15) is 0 Å². The molecule has 0 atom stereocenters. The van der Waals surface area contributed by atoms with E-state index in [1.807, 2.05) is 31.2 Å². The molecule has 1 aromatic heterocycles. The number of nitrogens with one attached hydrogen (secondary N) is 2. The SMILES string of the molecule is Cc1ccc(-c2cc(NC(=O)C[NH+]3CCN(c4ccccc4C)CC3)on2)cc1. The molecule has 1 aliphatic rings. The van der Waals surface area contributed by atoms with Crippen LogP contribution in [0.25, 0.3) is 11.3 Å². The molecule has 6 nitrogen and oxygen atoms in total. The lowest BCUT2D eigenvalue weighted by Crippen LogP contribution is -3.15. The van der Waals surface area contributed by atoms with Gasteiger partial charge < -0.3 is 14.3 Å². The maximum Gasteiger partial charge on any atom is 0.281 e. The van der Waals surface area contributed by atoms with Gasteiger partial charge in [0.1, 0.15) is 5.69 Å². The summed E-state index contributed by atoms with van der Waals surface area (Å²) in [5.74, 6) is 0.347. The second-order valence-electron chi connectivity index (χ2n) is 7.69. The summed E-state index contributed by atoms with van der Waals surface area (Å²) in [5.41, 5.74) is 5.47. The summed E-state index contributed by atoms with van der Waals surface area (Å²) >= 11 is 0. The Labute approximate surface area is 171 Å². The number of nitrogens with zero attached hydrogens (tertiary/aromatic N) is 2. The van der Waals surface area contributed by atoms with Gasteiger partial charge in [-0.1, -0.05) is 53.2 Å². The first-order chi connectivity index (χ1) is 14.1. The molecule has 1 saturated heterocycles. The molecule has 0 spiro atoms. The van der Waals surface area contributed by atoms with Gasteiger partial charge in [-0.05, 0) is 25.5 Å². The minimum Gasteiger partial charge on any atom is -0.360 e. The summed E-state index contributed by atoms with van der Waals surface area (Å²) in [6, 6.07) is 18.3. The van der Waals surface area contributed by atoms with Gasteiger partial charge in [0.05, 0.1) is 26.2 Å². The van der Waals surface area contributed by atoms with Crippen molar-refractivity contribution in [1.29, 1.82) is 0 Å². The third kappa shape index (κ3) is 4.66. The number of para-hydroxylation sites is 1. The van der Waals surface area contributed by atoms with Gasteiger partial charge >= 0.3 is 0 Å². The Balaban J connectivity index is 1.29. The van der Waals surface area contributed by atoms with Crippen molar-refractivity contribution in [1.82, 2.24) is 5.16 Å². The van der Waals surface area contributed by atoms with Gasteiger partial charge in [0.25, 0.3) is 5.91 Å². The number of aryl methyl sites for hydroxylation is 2. The fourth-order valence-electron chi connectivity index (χ4n) is 3.76. The smallest absolute Gasteiger partial charge is 0.281 e. The van der Waals surface area contributed by atoms with Crippen LogP contribution >= 0.6 is 0 Å². The number of benzene rings is 2. The molecule has 29 heavy (non-hydrogen) atoms. The van der Waals surface area contributed by atoms with E-state index in [-0.39, 0.29) is 5.91 Å². The Hall–Kier alpha value is -3.12. The van der Waals surface area contributed by atoms with E-state index in [9.17, 15) is 4.79 Å². The van der Waals surface area contributed by atoms with Crippen LogP contribution < -0.4 is 15.1 Å². The first-order valence-corrected chi connectivity index (χ1v) is 10.1. The van der Waals surface area contributed by atoms with E-state index in [2.05, 4.69) is 46.6 Å². The number of hydrogen-bond donors (Lipinski definition) is 2. The highest BCUT2D eigenvalue weighted by Crippen LogP contribution is 2.22. The van der Waals surface area contributed by atoms with Crippen molar-refractivity contribution in [3.05, 3.63) is 65.7 Å². The van der Waals surface area contributed by atoms with Crippen LogP contribution in [-0.4, -0.2) is 43.8 Å². The molecular formula is C23H27N4O2+. The predicted octanol–water partition coefficient (Wildman–Crippen LogP) is 2.30. The van der Waals surface area contributed by atoms with Gasteiger partial charge in [-0.3, -0.25) is 10.1 Å². The molecule has 0 saturated carbocycles. The van der Waals surface area contributed by atoms with E-state index in [0.29, 0.717) is 12.4 Å². The second-order valence-corrected chi connectivity index (χ2v) is 7.69. The quantitative estimate of drug-likeness (QED) is 0.701.